The third-order valence-corrected chi connectivity index (χ3v) is 5.93. The fourth-order valence-corrected chi connectivity index (χ4v) is 4.00. The van der Waals surface area contributed by atoms with Gasteiger partial charge in [-0.2, -0.15) is 13.2 Å². The molecule has 2 heterocycles. The van der Waals surface area contributed by atoms with Gasteiger partial charge in [-0.15, -0.1) is 24.0 Å². The summed E-state index contributed by atoms with van der Waals surface area (Å²) in [5, 5.41) is 3.34. The van der Waals surface area contributed by atoms with E-state index in [1.54, 1.807) is 7.05 Å². The summed E-state index contributed by atoms with van der Waals surface area (Å²) in [6.45, 7) is 4.82. The number of halogens is 4. The maximum absolute atomic E-state index is 13.0. The predicted octanol–water partition coefficient (Wildman–Crippen LogP) is 3.07. The molecule has 0 bridgehead atoms. The molecule has 6 nitrogen and oxygen atoms in total. The normalized spacial score (nSPS) is 19.4. The predicted molar refractivity (Wildman–Crippen MR) is 125 cm³/mol. The second kappa shape index (κ2) is 11.3. The van der Waals surface area contributed by atoms with Crippen molar-refractivity contribution in [3.63, 3.8) is 0 Å². The van der Waals surface area contributed by atoms with E-state index in [1.807, 2.05) is 34.1 Å². The van der Waals surface area contributed by atoms with Crippen LogP contribution in [-0.2, 0) is 17.9 Å². The third-order valence-electron chi connectivity index (χ3n) is 5.93. The van der Waals surface area contributed by atoms with E-state index < -0.39 is 12.2 Å². The van der Waals surface area contributed by atoms with Crippen molar-refractivity contribution in [3.05, 3.63) is 35.4 Å². The summed E-state index contributed by atoms with van der Waals surface area (Å²) in [4.78, 5) is 21.6. The Kier molecular flexibility index (Phi) is 9.41. The second-order valence-electron chi connectivity index (χ2n) is 7.83. The smallest absolute Gasteiger partial charge is 0.352 e. The number of hydrogen-bond donors (Lipinski definition) is 1. The fourth-order valence-electron chi connectivity index (χ4n) is 4.00. The molecule has 2 aliphatic rings. The molecule has 31 heavy (non-hydrogen) atoms. The van der Waals surface area contributed by atoms with E-state index in [1.165, 1.54) is 11.8 Å². The number of nitrogens with one attached hydrogen (secondary N) is 1. The average Bonchev–Trinajstić information content (AvgIpc) is 3.13. The van der Waals surface area contributed by atoms with Crippen molar-refractivity contribution in [1.29, 1.82) is 0 Å². The first-order valence-corrected chi connectivity index (χ1v) is 10.4. The molecule has 174 valence electrons. The zero-order valence-corrected chi connectivity index (χ0v) is 20.3. The Morgan fingerprint density at radius 2 is 1.77 bits per heavy atom. The lowest BCUT2D eigenvalue weighted by atomic mass is 10.1. The number of likely N-dealkylation sites (tertiary alicyclic amines) is 1. The Balaban J connectivity index is 0.00000341. The van der Waals surface area contributed by atoms with Crippen molar-refractivity contribution in [1.82, 2.24) is 20.0 Å². The van der Waals surface area contributed by atoms with Crippen LogP contribution >= 0.6 is 24.0 Å². The Morgan fingerprint density at radius 1 is 1.13 bits per heavy atom. The van der Waals surface area contributed by atoms with Gasteiger partial charge < -0.3 is 15.1 Å². The molecule has 10 heteroatoms. The molecule has 2 saturated heterocycles. The highest BCUT2D eigenvalue weighted by molar-refractivity contribution is 14.0. The van der Waals surface area contributed by atoms with Crippen molar-refractivity contribution < 1.29 is 18.0 Å². The first-order valence-electron chi connectivity index (χ1n) is 10.4. The highest BCUT2D eigenvalue weighted by Crippen LogP contribution is 2.25. The number of carbonyl (C=O) groups is 1. The Morgan fingerprint density at radius 3 is 2.32 bits per heavy atom. The van der Waals surface area contributed by atoms with Crippen LogP contribution in [0, 0.1) is 0 Å². The van der Waals surface area contributed by atoms with Gasteiger partial charge in [0.15, 0.2) is 5.96 Å². The molecule has 1 aromatic rings. The zero-order valence-electron chi connectivity index (χ0n) is 18.0. The monoisotopic (exact) mass is 553 g/mol. The summed E-state index contributed by atoms with van der Waals surface area (Å²) in [7, 11) is 1.68. The van der Waals surface area contributed by atoms with Crippen molar-refractivity contribution in [2.24, 2.45) is 4.99 Å². The minimum atomic E-state index is -4.21. The summed E-state index contributed by atoms with van der Waals surface area (Å²) >= 11 is 0. The molecule has 0 aromatic heterocycles. The Labute approximate surface area is 198 Å². The van der Waals surface area contributed by atoms with E-state index in [0.29, 0.717) is 51.6 Å². The van der Waals surface area contributed by atoms with E-state index in [0.717, 1.165) is 24.1 Å². The summed E-state index contributed by atoms with van der Waals surface area (Å²) in [5.41, 5.74) is 2.18. The topological polar surface area (TPSA) is 51.2 Å². The van der Waals surface area contributed by atoms with Crippen LogP contribution in [0.15, 0.2) is 29.3 Å². The number of rotatable bonds is 5. The van der Waals surface area contributed by atoms with Crippen LogP contribution in [0.25, 0.3) is 0 Å². The maximum Gasteiger partial charge on any atom is 0.403 e. The third kappa shape index (κ3) is 6.71. The van der Waals surface area contributed by atoms with Crippen LogP contribution in [0.2, 0.25) is 0 Å². The number of alkyl halides is 3. The van der Waals surface area contributed by atoms with Crippen LogP contribution in [0.5, 0.6) is 0 Å². The molecule has 1 amide bonds. The molecule has 0 spiro atoms. The molecular weight excluding hydrogens is 522 g/mol. The molecule has 0 radical (unpaired) electrons. The van der Waals surface area contributed by atoms with Gasteiger partial charge in [-0.25, -0.2) is 0 Å². The van der Waals surface area contributed by atoms with Crippen molar-refractivity contribution in [3.8, 4) is 0 Å². The summed E-state index contributed by atoms with van der Waals surface area (Å²) < 4.78 is 38.9. The Bertz CT molecular complexity index is 766. The molecular formula is C21H31F3IN5O. The van der Waals surface area contributed by atoms with E-state index in [9.17, 15) is 18.0 Å². The first-order chi connectivity index (χ1) is 14.3. The van der Waals surface area contributed by atoms with Gasteiger partial charge >= 0.3 is 6.18 Å². The molecule has 1 atom stereocenters. The van der Waals surface area contributed by atoms with E-state index >= 15 is 0 Å². The number of amides is 1. The van der Waals surface area contributed by atoms with Crippen LogP contribution in [-0.4, -0.2) is 78.6 Å². The number of hydrogen-bond acceptors (Lipinski definition) is 3. The number of carbonyl (C=O) groups excluding carboxylic acids is 1. The van der Waals surface area contributed by atoms with Gasteiger partial charge in [0.25, 0.3) is 0 Å². The summed E-state index contributed by atoms with van der Waals surface area (Å²) in [6, 6.07) is 6.55. The minimum Gasteiger partial charge on any atom is -0.352 e. The highest BCUT2D eigenvalue weighted by atomic mass is 127. The van der Waals surface area contributed by atoms with Crippen LogP contribution in [0.3, 0.4) is 0 Å². The Hall–Kier alpha value is -1.56. The molecule has 2 fully saturated rings. The number of piperazine rings is 1. The first kappa shape index (κ1) is 25.7. The van der Waals surface area contributed by atoms with Gasteiger partial charge in [0.1, 0.15) is 6.04 Å². The number of nitrogens with zero attached hydrogens (tertiary/aromatic N) is 4. The van der Waals surface area contributed by atoms with Crippen molar-refractivity contribution in [2.75, 3.05) is 39.8 Å². The van der Waals surface area contributed by atoms with Gasteiger partial charge in [-0.05, 0) is 24.5 Å². The van der Waals surface area contributed by atoms with E-state index in [4.69, 9.17) is 0 Å². The summed E-state index contributed by atoms with van der Waals surface area (Å²) in [5.74, 6) is 0.876. The lowest BCUT2D eigenvalue weighted by Crippen LogP contribution is -2.56. The molecule has 0 aliphatic carbocycles. The highest BCUT2D eigenvalue weighted by Gasteiger charge is 2.41. The molecule has 2 aliphatic heterocycles. The second-order valence-corrected chi connectivity index (χ2v) is 7.83. The van der Waals surface area contributed by atoms with Crippen LogP contribution in [0.1, 0.15) is 30.9 Å². The number of guanidine groups is 1. The number of aliphatic imine (C=N–C) groups is 1. The van der Waals surface area contributed by atoms with Crippen LogP contribution in [0.4, 0.5) is 13.2 Å². The van der Waals surface area contributed by atoms with Crippen molar-refractivity contribution >= 4 is 35.8 Å². The van der Waals surface area contributed by atoms with Crippen molar-refractivity contribution in [2.45, 2.75) is 45.1 Å². The van der Waals surface area contributed by atoms with Gasteiger partial charge in [0.2, 0.25) is 5.91 Å². The van der Waals surface area contributed by atoms with Gasteiger partial charge in [-0.3, -0.25) is 14.7 Å². The SMILES string of the molecule is CN=C(NCc1ccccc1CN1CCCC1=O)N1CCN(C(C)C(F)(F)F)CC1.I. The van der Waals surface area contributed by atoms with Gasteiger partial charge in [0.05, 0.1) is 0 Å². The lowest BCUT2D eigenvalue weighted by Gasteiger charge is -2.39. The average molecular weight is 553 g/mol. The molecule has 1 aromatic carbocycles. The molecule has 1 unspecified atom stereocenters. The lowest BCUT2D eigenvalue weighted by molar-refractivity contribution is -0.181. The van der Waals surface area contributed by atoms with E-state index in [-0.39, 0.29) is 29.9 Å². The zero-order chi connectivity index (χ0) is 21.7. The van der Waals surface area contributed by atoms with Gasteiger partial charge in [0, 0.05) is 59.3 Å². The van der Waals surface area contributed by atoms with Gasteiger partial charge in [-0.1, -0.05) is 24.3 Å². The largest absolute Gasteiger partial charge is 0.403 e. The standard InChI is InChI=1S/C21H30F3N5O.HI/c1-16(21(22,23)24)27-10-12-28(13-11-27)20(25-2)26-14-17-6-3-4-7-18(17)15-29-9-5-8-19(29)30;/h3-4,6-7,16H,5,8-15H2,1-2H3,(H,25,26);1H. The van der Waals surface area contributed by atoms with Crippen LogP contribution < -0.4 is 5.32 Å². The molecule has 1 N–H and O–H groups in total. The number of benzene rings is 1. The fraction of sp³-hybridized carbons (Fsp3) is 0.619. The minimum absolute atomic E-state index is 0. The molecule has 3 rings (SSSR count). The summed E-state index contributed by atoms with van der Waals surface area (Å²) in [6.07, 6.45) is -2.68. The van der Waals surface area contributed by atoms with E-state index in [2.05, 4.69) is 10.3 Å². The molecule has 0 saturated carbocycles. The maximum atomic E-state index is 13.0. The quantitative estimate of drug-likeness (QED) is 0.346.